The number of aryl methyl sites for hydroxylation is 1. The van der Waals surface area contributed by atoms with Gasteiger partial charge in [0.05, 0.1) is 5.92 Å². The summed E-state index contributed by atoms with van der Waals surface area (Å²) in [7, 11) is 0. The lowest BCUT2D eigenvalue weighted by Crippen LogP contribution is -2.33. The molecular formula is C15H21N3O2. The van der Waals surface area contributed by atoms with Gasteiger partial charge in [-0.25, -0.2) is 9.97 Å². The van der Waals surface area contributed by atoms with Gasteiger partial charge in [0.15, 0.2) is 0 Å². The van der Waals surface area contributed by atoms with Crippen LogP contribution in [0, 0.1) is 12.8 Å². The van der Waals surface area contributed by atoms with Crippen molar-refractivity contribution in [2.24, 2.45) is 5.92 Å². The Morgan fingerprint density at radius 2 is 2.15 bits per heavy atom. The zero-order valence-corrected chi connectivity index (χ0v) is 12.2. The lowest BCUT2D eigenvalue weighted by Gasteiger charge is -2.25. The van der Waals surface area contributed by atoms with Gasteiger partial charge in [-0.05, 0) is 26.2 Å². The van der Waals surface area contributed by atoms with Crippen LogP contribution in [0.3, 0.4) is 0 Å². The highest BCUT2D eigenvalue weighted by Crippen LogP contribution is 2.44. The molecule has 3 unspecified atom stereocenters. The van der Waals surface area contributed by atoms with Crippen molar-refractivity contribution < 1.29 is 9.90 Å². The second kappa shape index (κ2) is 4.72. The van der Waals surface area contributed by atoms with E-state index in [-0.39, 0.29) is 17.9 Å². The summed E-state index contributed by atoms with van der Waals surface area (Å²) in [5.74, 6) is 1.13. The normalized spacial score (nSPS) is 28.4. The number of nitrogens with zero attached hydrogens (tertiary/aromatic N) is 3. The van der Waals surface area contributed by atoms with E-state index in [1.807, 2.05) is 13.0 Å². The van der Waals surface area contributed by atoms with E-state index in [0.717, 1.165) is 36.6 Å². The van der Waals surface area contributed by atoms with Gasteiger partial charge in [0.2, 0.25) is 0 Å². The highest BCUT2D eigenvalue weighted by Gasteiger charge is 2.49. The van der Waals surface area contributed by atoms with Crippen molar-refractivity contribution >= 4 is 11.8 Å². The first kappa shape index (κ1) is 13.3. The van der Waals surface area contributed by atoms with Gasteiger partial charge >= 0.3 is 5.97 Å². The predicted octanol–water partition coefficient (Wildman–Crippen LogP) is 2.35. The van der Waals surface area contributed by atoms with E-state index < -0.39 is 5.97 Å². The molecule has 0 aliphatic carbocycles. The molecule has 108 valence electrons. The second-order valence-electron chi connectivity index (χ2n) is 6.27. The predicted molar refractivity (Wildman–Crippen MR) is 75.9 cm³/mol. The molecule has 0 saturated carbocycles. The molecule has 2 fully saturated rings. The Labute approximate surface area is 119 Å². The summed E-state index contributed by atoms with van der Waals surface area (Å²) in [6, 6.07) is 2.42. The molecule has 3 rings (SSSR count). The van der Waals surface area contributed by atoms with Gasteiger partial charge in [-0.2, -0.15) is 0 Å². The molecular weight excluding hydrogens is 254 g/mol. The maximum atomic E-state index is 11.4. The molecule has 2 bridgehead atoms. The number of hydrogen-bond acceptors (Lipinski definition) is 4. The average molecular weight is 275 g/mol. The van der Waals surface area contributed by atoms with Gasteiger partial charge in [-0.1, -0.05) is 13.8 Å². The molecule has 1 N–H and O–H groups in total. The van der Waals surface area contributed by atoms with E-state index in [4.69, 9.17) is 0 Å². The van der Waals surface area contributed by atoms with Crippen LogP contribution in [0.5, 0.6) is 0 Å². The van der Waals surface area contributed by atoms with E-state index in [1.165, 1.54) is 0 Å². The second-order valence-corrected chi connectivity index (χ2v) is 6.27. The third-order valence-electron chi connectivity index (χ3n) is 4.49. The van der Waals surface area contributed by atoms with Crippen LogP contribution < -0.4 is 4.90 Å². The van der Waals surface area contributed by atoms with Crippen LogP contribution in [-0.2, 0) is 4.79 Å². The molecule has 0 spiro atoms. The molecule has 3 atom stereocenters. The van der Waals surface area contributed by atoms with Crippen molar-refractivity contribution in [3.8, 4) is 0 Å². The molecule has 0 amide bonds. The van der Waals surface area contributed by atoms with Crippen LogP contribution in [0.1, 0.15) is 50.5 Å². The van der Waals surface area contributed by atoms with E-state index in [2.05, 4.69) is 28.7 Å². The molecule has 0 radical (unpaired) electrons. The molecule has 5 heteroatoms. The number of aliphatic carboxylic acids is 1. The van der Waals surface area contributed by atoms with Gasteiger partial charge in [0.25, 0.3) is 0 Å². The number of anilines is 1. The zero-order chi connectivity index (χ0) is 14.4. The Balaban J connectivity index is 1.96. The lowest BCUT2D eigenvalue weighted by atomic mass is 9.89. The molecule has 5 nitrogen and oxygen atoms in total. The Morgan fingerprint density at radius 3 is 2.75 bits per heavy atom. The standard InChI is InChI=1S/C15H21N3O2/c1-8(2)14-16-9(3)6-13(17-14)18-10-4-5-12(18)11(7-10)15(19)20/h6,8,10-12H,4-5,7H2,1-3H3,(H,19,20). The number of fused-ring (bicyclic) bond motifs is 2. The Kier molecular flexibility index (Phi) is 3.15. The molecule has 3 heterocycles. The SMILES string of the molecule is Cc1cc(N2C3CCC2C(C(=O)O)C3)nc(C(C)C)n1. The third-order valence-corrected chi connectivity index (χ3v) is 4.49. The van der Waals surface area contributed by atoms with Crippen molar-refractivity contribution in [2.45, 2.75) is 58.0 Å². The number of aromatic nitrogens is 2. The maximum absolute atomic E-state index is 11.4. The highest BCUT2D eigenvalue weighted by atomic mass is 16.4. The summed E-state index contributed by atoms with van der Waals surface area (Å²) in [5.41, 5.74) is 0.955. The first-order chi connectivity index (χ1) is 9.47. The summed E-state index contributed by atoms with van der Waals surface area (Å²) in [4.78, 5) is 22.7. The smallest absolute Gasteiger partial charge is 0.308 e. The number of carbonyl (C=O) groups is 1. The van der Waals surface area contributed by atoms with E-state index >= 15 is 0 Å². The molecule has 0 aromatic carbocycles. The van der Waals surface area contributed by atoms with E-state index in [0.29, 0.717) is 6.04 Å². The van der Waals surface area contributed by atoms with Crippen LogP contribution in [0.2, 0.25) is 0 Å². The van der Waals surface area contributed by atoms with Crippen molar-refractivity contribution in [3.63, 3.8) is 0 Å². The molecule has 1 aromatic heterocycles. The Morgan fingerprint density at radius 1 is 1.40 bits per heavy atom. The summed E-state index contributed by atoms with van der Waals surface area (Å²) < 4.78 is 0. The van der Waals surface area contributed by atoms with Crippen molar-refractivity contribution in [1.29, 1.82) is 0 Å². The van der Waals surface area contributed by atoms with Crippen LogP contribution >= 0.6 is 0 Å². The first-order valence-corrected chi connectivity index (χ1v) is 7.34. The molecule has 2 aliphatic heterocycles. The lowest BCUT2D eigenvalue weighted by molar-refractivity contribution is -0.142. The molecule has 20 heavy (non-hydrogen) atoms. The minimum absolute atomic E-state index is 0.104. The van der Waals surface area contributed by atoms with E-state index in [1.54, 1.807) is 0 Å². The number of carboxylic acids is 1. The Bertz CT molecular complexity index is 544. The largest absolute Gasteiger partial charge is 0.481 e. The van der Waals surface area contributed by atoms with Gasteiger partial charge in [0.1, 0.15) is 11.6 Å². The summed E-state index contributed by atoms with van der Waals surface area (Å²) >= 11 is 0. The topological polar surface area (TPSA) is 66.3 Å². The van der Waals surface area contributed by atoms with Crippen LogP contribution in [0.15, 0.2) is 6.07 Å². The molecule has 2 saturated heterocycles. The summed E-state index contributed by atoms with van der Waals surface area (Å²) in [5, 5.41) is 9.34. The monoisotopic (exact) mass is 275 g/mol. The first-order valence-electron chi connectivity index (χ1n) is 7.34. The minimum Gasteiger partial charge on any atom is -0.481 e. The molecule has 2 aliphatic rings. The maximum Gasteiger partial charge on any atom is 0.308 e. The van der Waals surface area contributed by atoms with Crippen molar-refractivity contribution in [1.82, 2.24) is 9.97 Å². The van der Waals surface area contributed by atoms with Crippen LogP contribution in [0.25, 0.3) is 0 Å². The quantitative estimate of drug-likeness (QED) is 0.917. The van der Waals surface area contributed by atoms with E-state index in [9.17, 15) is 9.90 Å². The summed E-state index contributed by atoms with van der Waals surface area (Å²) in [6.07, 6.45) is 2.79. The van der Waals surface area contributed by atoms with Crippen LogP contribution in [-0.4, -0.2) is 33.1 Å². The number of hydrogen-bond donors (Lipinski definition) is 1. The highest BCUT2D eigenvalue weighted by molar-refractivity contribution is 5.73. The van der Waals surface area contributed by atoms with Gasteiger partial charge in [-0.15, -0.1) is 0 Å². The minimum atomic E-state index is -0.669. The van der Waals surface area contributed by atoms with Crippen molar-refractivity contribution in [3.05, 3.63) is 17.6 Å². The fraction of sp³-hybridized carbons (Fsp3) is 0.667. The fourth-order valence-electron chi connectivity index (χ4n) is 3.58. The third kappa shape index (κ3) is 2.05. The summed E-state index contributed by atoms with van der Waals surface area (Å²) in [6.45, 7) is 6.14. The number of rotatable bonds is 3. The number of carboxylic acid groups (broad SMARTS) is 1. The van der Waals surface area contributed by atoms with Gasteiger partial charge in [-0.3, -0.25) is 4.79 Å². The van der Waals surface area contributed by atoms with Crippen molar-refractivity contribution in [2.75, 3.05) is 4.90 Å². The average Bonchev–Trinajstić information content (AvgIpc) is 2.95. The van der Waals surface area contributed by atoms with Gasteiger partial charge < -0.3 is 10.0 Å². The molecule has 1 aromatic rings. The Hall–Kier alpha value is -1.65. The fourth-order valence-corrected chi connectivity index (χ4v) is 3.58. The van der Waals surface area contributed by atoms with Crippen LogP contribution in [0.4, 0.5) is 5.82 Å². The zero-order valence-electron chi connectivity index (χ0n) is 12.2. The van der Waals surface area contributed by atoms with Gasteiger partial charge in [0, 0.05) is 29.8 Å².